The highest BCUT2D eigenvalue weighted by Crippen LogP contribution is 2.27. The van der Waals surface area contributed by atoms with E-state index in [0.717, 1.165) is 46.9 Å². The molecule has 1 atom stereocenters. The first kappa shape index (κ1) is 17.9. The molecule has 0 amide bonds. The van der Waals surface area contributed by atoms with Crippen LogP contribution >= 0.6 is 15.9 Å². The van der Waals surface area contributed by atoms with Gasteiger partial charge in [0.2, 0.25) is 0 Å². The summed E-state index contributed by atoms with van der Waals surface area (Å²) < 4.78 is 5.95. The topological polar surface area (TPSA) is 64.1 Å². The summed E-state index contributed by atoms with van der Waals surface area (Å²) in [6, 6.07) is 12.2. The van der Waals surface area contributed by atoms with Crippen molar-refractivity contribution in [2.75, 3.05) is 12.4 Å². The molecular weight excluding hydrogens is 406 g/mol. The van der Waals surface area contributed by atoms with Crippen LogP contribution in [0.4, 0.5) is 5.82 Å². The Labute approximate surface area is 166 Å². The zero-order valence-corrected chi connectivity index (χ0v) is 16.6. The van der Waals surface area contributed by atoms with Crippen LogP contribution in [0.25, 0.3) is 10.9 Å². The van der Waals surface area contributed by atoms with Gasteiger partial charge >= 0.3 is 5.97 Å². The van der Waals surface area contributed by atoms with Crippen LogP contribution in [0.3, 0.4) is 0 Å². The summed E-state index contributed by atoms with van der Waals surface area (Å²) in [7, 11) is 1.38. The van der Waals surface area contributed by atoms with Gasteiger partial charge in [0.1, 0.15) is 12.1 Å². The molecule has 6 heteroatoms. The number of carbonyl (C=O) groups excluding carboxylic acids is 1. The normalized spacial score (nSPS) is 16.4. The van der Waals surface area contributed by atoms with Gasteiger partial charge in [0.05, 0.1) is 18.2 Å². The first-order valence-electron chi connectivity index (χ1n) is 9.01. The summed E-state index contributed by atoms with van der Waals surface area (Å²) in [5.74, 6) is 0.397. The predicted molar refractivity (Wildman–Crippen MR) is 109 cm³/mol. The van der Waals surface area contributed by atoms with Crippen LogP contribution < -0.4 is 5.32 Å². The first-order valence-corrected chi connectivity index (χ1v) is 9.80. The molecule has 0 fully saturated rings. The van der Waals surface area contributed by atoms with Crippen LogP contribution in [0.15, 0.2) is 47.2 Å². The molecule has 1 aliphatic carbocycles. The summed E-state index contributed by atoms with van der Waals surface area (Å²) in [6.07, 6.45) is 5.79. The molecule has 1 aromatic heterocycles. The Kier molecular flexibility index (Phi) is 5.07. The molecule has 5 nitrogen and oxygen atoms in total. The smallest absolute Gasteiger partial charge is 0.337 e. The fourth-order valence-electron chi connectivity index (χ4n) is 3.67. The Hall–Kier alpha value is -2.47. The molecule has 0 saturated carbocycles. The molecular formula is C21H20BrN3O2. The summed E-state index contributed by atoms with van der Waals surface area (Å²) in [5, 5.41) is 4.42. The number of methoxy groups -OCH3 is 1. The van der Waals surface area contributed by atoms with E-state index in [1.54, 1.807) is 18.5 Å². The number of hydrogen-bond donors (Lipinski definition) is 1. The lowest BCUT2D eigenvalue weighted by Gasteiger charge is -2.19. The lowest BCUT2D eigenvalue weighted by molar-refractivity contribution is 0.0601. The maximum Gasteiger partial charge on any atom is 0.337 e. The first-order chi connectivity index (χ1) is 13.1. The second-order valence-electron chi connectivity index (χ2n) is 6.80. The van der Waals surface area contributed by atoms with Crippen molar-refractivity contribution in [3.63, 3.8) is 0 Å². The SMILES string of the molecule is COC(=O)c1ccc2ncnc(NC3CCCc4ccc(Br)cc4C3)c2c1. The third-order valence-electron chi connectivity index (χ3n) is 5.03. The number of nitrogens with one attached hydrogen (secondary N) is 1. The average Bonchev–Trinajstić information content (AvgIpc) is 2.88. The number of aromatic nitrogens is 2. The highest BCUT2D eigenvalue weighted by molar-refractivity contribution is 9.10. The third kappa shape index (κ3) is 3.81. The van der Waals surface area contributed by atoms with Crippen molar-refractivity contribution in [3.8, 4) is 0 Å². The van der Waals surface area contributed by atoms with Gasteiger partial charge in [0.25, 0.3) is 0 Å². The van der Waals surface area contributed by atoms with Crippen LogP contribution in [-0.2, 0) is 17.6 Å². The number of carbonyl (C=O) groups is 1. The monoisotopic (exact) mass is 425 g/mol. The molecule has 0 aliphatic heterocycles. The molecule has 4 rings (SSSR count). The number of anilines is 1. The number of ether oxygens (including phenoxy) is 1. The van der Waals surface area contributed by atoms with Crippen LogP contribution in [-0.4, -0.2) is 29.1 Å². The summed E-state index contributed by atoms with van der Waals surface area (Å²) in [6.45, 7) is 0. The molecule has 0 spiro atoms. The van der Waals surface area contributed by atoms with E-state index in [4.69, 9.17) is 4.74 Å². The summed E-state index contributed by atoms with van der Waals surface area (Å²) in [4.78, 5) is 20.7. The highest BCUT2D eigenvalue weighted by atomic mass is 79.9. The number of nitrogens with zero attached hydrogens (tertiary/aromatic N) is 2. The Morgan fingerprint density at radius 2 is 2.07 bits per heavy atom. The van der Waals surface area contributed by atoms with E-state index >= 15 is 0 Å². The lowest BCUT2D eigenvalue weighted by Crippen LogP contribution is -2.22. The average molecular weight is 426 g/mol. The fraction of sp³-hybridized carbons (Fsp3) is 0.286. The van der Waals surface area contributed by atoms with E-state index in [1.807, 2.05) is 6.07 Å². The highest BCUT2D eigenvalue weighted by Gasteiger charge is 2.19. The largest absolute Gasteiger partial charge is 0.465 e. The maximum absolute atomic E-state index is 11.9. The Bertz CT molecular complexity index is 1010. The predicted octanol–water partition coefficient (Wildman–Crippen LogP) is 4.54. The van der Waals surface area contributed by atoms with Crippen LogP contribution in [0.1, 0.15) is 34.3 Å². The molecule has 1 aliphatic rings. The fourth-order valence-corrected chi connectivity index (χ4v) is 4.08. The molecule has 1 heterocycles. The van der Waals surface area contributed by atoms with Crippen LogP contribution in [0, 0.1) is 0 Å². The van der Waals surface area contributed by atoms with Crippen molar-refractivity contribution in [2.45, 2.75) is 31.7 Å². The summed E-state index contributed by atoms with van der Waals surface area (Å²) >= 11 is 3.58. The van der Waals surface area contributed by atoms with Crippen molar-refractivity contribution >= 4 is 38.6 Å². The standard InChI is InChI=1S/C21H20BrN3O2/c1-27-21(26)14-6-8-19-18(11-14)20(24-12-23-19)25-17-4-2-3-13-5-7-16(22)9-15(13)10-17/h5-9,11-12,17H,2-4,10H2,1H3,(H,23,24,25). The van der Waals surface area contributed by atoms with E-state index in [2.05, 4.69) is 49.4 Å². The molecule has 3 aromatic rings. The number of fused-ring (bicyclic) bond motifs is 2. The molecule has 27 heavy (non-hydrogen) atoms. The van der Waals surface area contributed by atoms with Crippen molar-refractivity contribution in [2.24, 2.45) is 0 Å². The van der Waals surface area contributed by atoms with E-state index in [-0.39, 0.29) is 12.0 Å². The Balaban J connectivity index is 1.65. The number of esters is 1. The van der Waals surface area contributed by atoms with Crippen molar-refractivity contribution in [3.05, 3.63) is 63.9 Å². The van der Waals surface area contributed by atoms with Crippen molar-refractivity contribution in [1.29, 1.82) is 0 Å². The van der Waals surface area contributed by atoms with Crippen LogP contribution in [0.5, 0.6) is 0 Å². The number of rotatable bonds is 3. The van der Waals surface area contributed by atoms with Gasteiger partial charge in [0, 0.05) is 15.9 Å². The Morgan fingerprint density at radius 3 is 2.93 bits per heavy atom. The van der Waals surface area contributed by atoms with Gasteiger partial charge in [-0.2, -0.15) is 0 Å². The van der Waals surface area contributed by atoms with Crippen molar-refractivity contribution in [1.82, 2.24) is 9.97 Å². The molecule has 1 N–H and O–H groups in total. The molecule has 0 radical (unpaired) electrons. The van der Waals surface area contributed by atoms with Crippen molar-refractivity contribution < 1.29 is 9.53 Å². The van der Waals surface area contributed by atoms with Gasteiger partial charge in [-0.25, -0.2) is 14.8 Å². The zero-order chi connectivity index (χ0) is 18.8. The van der Waals surface area contributed by atoms with Gasteiger partial charge in [-0.1, -0.05) is 22.0 Å². The zero-order valence-electron chi connectivity index (χ0n) is 15.0. The third-order valence-corrected chi connectivity index (χ3v) is 5.52. The second-order valence-corrected chi connectivity index (χ2v) is 7.71. The second kappa shape index (κ2) is 7.64. The molecule has 1 unspecified atom stereocenters. The maximum atomic E-state index is 11.9. The lowest BCUT2D eigenvalue weighted by atomic mass is 10.0. The van der Waals surface area contributed by atoms with E-state index in [0.29, 0.717) is 5.56 Å². The molecule has 0 bridgehead atoms. The number of aryl methyl sites for hydroxylation is 1. The quantitative estimate of drug-likeness (QED) is 0.492. The van der Waals surface area contributed by atoms with Gasteiger partial charge in [-0.3, -0.25) is 0 Å². The van der Waals surface area contributed by atoms with Gasteiger partial charge in [-0.05, 0) is 67.1 Å². The van der Waals surface area contributed by atoms with Crippen LogP contribution in [0.2, 0.25) is 0 Å². The number of halogens is 1. The van der Waals surface area contributed by atoms with Gasteiger partial charge in [0.15, 0.2) is 0 Å². The van der Waals surface area contributed by atoms with Gasteiger partial charge < -0.3 is 10.1 Å². The number of benzene rings is 2. The number of hydrogen-bond acceptors (Lipinski definition) is 5. The van der Waals surface area contributed by atoms with E-state index in [1.165, 1.54) is 18.2 Å². The van der Waals surface area contributed by atoms with Gasteiger partial charge in [-0.15, -0.1) is 0 Å². The van der Waals surface area contributed by atoms with E-state index < -0.39 is 0 Å². The molecule has 2 aromatic carbocycles. The Morgan fingerprint density at radius 1 is 1.19 bits per heavy atom. The minimum Gasteiger partial charge on any atom is -0.465 e. The van der Waals surface area contributed by atoms with E-state index in [9.17, 15) is 4.79 Å². The molecule has 0 saturated heterocycles. The summed E-state index contributed by atoms with van der Waals surface area (Å²) in [5.41, 5.74) is 4.09. The molecule has 138 valence electrons. The minimum atomic E-state index is -0.361. The minimum absolute atomic E-state index is 0.278.